The van der Waals surface area contributed by atoms with Crippen LogP contribution in [0.15, 0.2) is 36.4 Å². The molecule has 1 saturated heterocycles. The van der Waals surface area contributed by atoms with Crippen LogP contribution >= 0.6 is 0 Å². The molecule has 0 saturated carbocycles. The van der Waals surface area contributed by atoms with Crippen molar-refractivity contribution in [1.29, 1.82) is 0 Å². The Morgan fingerprint density at radius 1 is 1.13 bits per heavy atom. The highest BCUT2D eigenvalue weighted by Gasteiger charge is 2.49. The van der Waals surface area contributed by atoms with Gasteiger partial charge in [0.1, 0.15) is 24.0 Å². The molecule has 3 amide bonds. The molecule has 1 aliphatic carbocycles. The van der Waals surface area contributed by atoms with Crippen LogP contribution in [0.25, 0.3) is 0 Å². The number of hydrogen-bond donors (Lipinski definition) is 2. The Bertz CT molecular complexity index is 1000. The third kappa shape index (κ3) is 3.67. The van der Waals surface area contributed by atoms with E-state index in [0.717, 1.165) is 40.9 Å². The molecule has 2 atom stereocenters. The van der Waals surface area contributed by atoms with Gasteiger partial charge in [-0.3, -0.25) is 9.69 Å². The number of imide groups is 1. The van der Waals surface area contributed by atoms with E-state index >= 15 is 0 Å². The number of β-amino-alcohol motifs (C(OH)–C–C–N with tert-alkyl or cyclic N) is 1. The summed E-state index contributed by atoms with van der Waals surface area (Å²) < 4.78 is 5.73. The number of aliphatic hydroxyl groups is 1. The van der Waals surface area contributed by atoms with Gasteiger partial charge in [0.2, 0.25) is 0 Å². The molecule has 2 N–H and O–H groups in total. The SMILES string of the molecule is Cc1ccc(C)c(OCC(O)CN2C(=O)NC(C)(c3ccc4c(c3)CCC4)C2=O)c1. The lowest BCUT2D eigenvalue weighted by Gasteiger charge is -2.24. The standard InChI is InChI=1S/C24H28N2O4/c1-15-7-8-16(2)21(11-15)30-14-20(27)13-26-22(28)24(3,25-23(26)29)19-10-9-17-5-4-6-18(17)12-19/h7-12,20,27H,4-6,13-14H2,1-3H3,(H,25,29). The molecule has 0 bridgehead atoms. The fourth-order valence-electron chi connectivity index (χ4n) is 4.25. The van der Waals surface area contributed by atoms with Crippen LogP contribution in [0.3, 0.4) is 0 Å². The van der Waals surface area contributed by atoms with Crippen molar-refractivity contribution in [3.63, 3.8) is 0 Å². The predicted octanol–water partition coefficient (Wildman–Crippen LogP) is 3.00. The van der Waals surface area contributed by atoms with Crippen LogP contribution in [0.1, 0.15) is 41.2 Å². The van der Waals surface area contributed by atoms with E-state index in [9.17, 15) is 14.7 Å². The summed E-state index contributed by atoms with van der Waals surface area (Å²) in [6.07, 6.45) is 2.20. The maximum Gasteiger partial charge on any atom is 0.325 e. The molecular formula is C24H28N2O4. The van der Waals surface area contributed by atoms with E-state index in [1.54, 1.807) is 6.92 Å². The second-order valence-corrected chi connectivity index (χ2v) is 8.54. The number of nitrogens with one attached hydrogen (secondary N) is 1. The summed E-state index contributed by atoms with van der Waals surface area (Å²) in [5, 5.41) is 13.3. The number of aryl methyl sites for hydroxylation is 4. The number of rotatable bonds is 6. The third-order valence-electron chi connectivity index (χ3n) is 6.12. The summed E-state index contributed by atoms with van der Waals surface area (Å²) in [7, 11) is 0. The number of urea groups is 1. The number of aliphatic hydroxyl groups excluding tert-OH is 1. The zero-order chi connectivity index (χ0) is 21.5. The smallest absolute Gasteiger partial charge is 0.325 e. The first kappa shape index (κ1) is 20.4. The van der Waals surface area contributed by atoms with Gasteiger partial charge in [0, 0.05) is 0 Å². The lowest BCUT2D eigenvalue weighted by atomic mass is 9.89. The highest BCUT2D eigenvalue weighted by Crippen LogP contribution is 2.32. The number of amides is 3. The number of carbonyl (C=O) groups is 2. The van der Waals surface area contributed by atoms with Crippen LogP contribution in [0.4, 0.5) is 4.79 Å². The predicted molar refractivity (Wildman–Crippen MR) is 113 cm³/mol. The van der Waals surface area contributed by atoms with Crippen LogP contribution in [0, 0.1) is 13.8 Å². The van der Waals surface area contributed by atoms with Gasteiger partial charge in [-0.15, -0.1) is 0 Å². The van der Waals surface area contributed by atoms with Crippen molar-refractivity contribution >= 4 is 11.9 Å². The van der Waals surface area contributed by atoms with E-state index in [1.807, 2.05) is 44.2 Å². The van der Waals surface area contributed by atoms with E-state index in [2.05, 4.69) is 11.4 Å². The molecule has 6 heteroatoms. The van der Waals surface area contributed by atoms with Crippen molar-refractivity contribution in [1.82, 2.24) is 10.2 Å². The summed E-state index contributed by atoms with van der Waals surface area (Å²) in [5.41, 5.74) is 4.25. The first-order chi connectivity index (χ1) is 14.3. The summed E-state index contributed by atoms with van der Waals surface area (Å²) in [6.45, 7) is 5.51. The molecule has 30 heavy (non-hydrogen) atoms. The highest BCUT2D eigenvalue weighted by molar-refractivity contribution is 6.07. The van der Waals surface area contributed by atoms with Gasteiger partial charge in [-0.25, -0.2) is 4.79 Å². The van der Waals surface area contributed by atoms with Gasteiger partial charge in [0.25, 0.3) is 5.91 Å². The zero-order valence-electron chi connectivity index (χ0n) is 17.7. The molecule has 1 fully saturated rings. The van der Waals surface area contributed by atoms with Crippen molar-refractivity contribution in [2.45, 2.75) is 51.7 Å². The molecular weight excluding hydrogens is 380 g/mol. The molecule has 0 aromatic heterocycles. The molecule has 0 radical (unpaired) electrons. The zero-order valence-corrected chi connectivity index (χ0v) is 17.7. The first-order valence-electron chi connectivity index (χ1n) is 10.4. The van der Waals surface area contributed by atoms with Gasteiger partial charge in [-0.2, -0.15) is 0 Å². The fourth-order valence-corrected chi connectivity index (χ4v) is 4.25. The topological polar surface area (TPSA) is 78.9 Å². The van der Waals surface area contributed by atoms with Crippen molar-refractivity contribution in [3.8, 4) is 5.75 Å². The van der Waals surface area contributed by atoms with E-state index in [-0.39, 0.29) is 19.1 Å². The Labute approximate surface area is 176 Å². The van der Waals surface area contributed by atoms with E-state index in [4.69, 9.17) is 4.74 Å². The van der Waals surface area contributed by atoms with Gasteiger partial charge in [-0.1, -0.05) is 30.3 Å². The first-order valence-corrected chi connectivity index (χ1v) is 10.4. The monoisotopic (exact) mass is 408 g/mol. The molecule has 1 aliphatic heterocycles. The minimum Gasteiger partial charge on any atom is -0.491 e. The second kappa shape index (κ2) is 7.76. The molecule has 1 heterocycles. The second-order valence-electron chi connectivity index (χ2n) is 8.54. The van der Waals surface area contributed by atoms with Crippen molar-refractivity contribution in [2.24, 2.45) is 0 Å². The number of carbonyl (C=O) groups excluding carboxylic acids is 2. The molecule has 6 nitrogen and oxygen atoms in total. The molecule has 158 valence electrons. The van der Waals surface area contributed by atoms with Crippen molar-refractivity contribution in [3.05, 3.63) is 64.2 Å². The molecule has 2 unspecified atom stereocenters. The summed E-state index contributed by atoms with van der Waals surface area (Å²) in [6, 6.07) is 11.4. The van der Waals surface area contributed by atoms with Crippen LogP contribution in [-0.2, 0) is 23.2 Å². The molecule has 0 spiro atoms. The minimum atomic E-state index is -1.12. The van der Waals surface area contributed by atoms with E-state index in [0.29, 0.717) is 5.75 Å². The Morgan fingerprint density at radius 2 is 1.90 bits per heavy atom. The average Bonchev–Trinajstić information content (AvgIpc) is 3.27. The molecule has 2 aromatic rings. The Kier molecular flexibility index (Phi) is 5.28. The van der Waals surface area contributed by atoms with Crippen LogP contribution in [0.5, 0.6) is 5.75 Å². The number of ether oxygens (including phenoxy) is 1. The van der Waals surface area contributed by atoms with Crippen LogP contribution < -0.4 is 10.1 Å². The number of benzene rings is 2. The lowest BCUT2D eigenvalue weighted by molar-refractivity contribution is -0.132. The van der Waals surface area contributed by atoms with E-state index in [1.165, 1.54) is 11.1 Å². The maximum atomic E-state index is 13.1. The van der Waals surface area contributed by atoms with Gasteiger partial charge in [0.15, 0.2) is 0 Å². The van der Waals surface area contributed by atoms with E-state index < -0.39 is 17.7 Å². The minimum absolute atomic E-state index is 0.00306. The number of hydrogen-bond acceptors (Lipinski definition) is 4. The van der Waals surface area contributed by atoms with Crippen LogP contribution in [-0.4, -0.2) is 41.2 Å². The molecule has 2 aliphatic rings. The van der Waals surface area contributed by atoms with Gasteiger partial charge >= 0.3 is 6.03 Å². The van der Waals surface area contributed by atoms with Gasteiger partial charge in [0.05, 0.1) is 6.54 Å². The Balaban J connectivity index is 1.44. The average molecular weight is 408 g/mol. The highest BCUT2D eigenvalue weighted by atomic mass is 16.5. The largest absolute Gasteiger partial charge is 0.491 e. The quantitative estimate of drug-likeness (QED) is 0.721. The third-order valence-corrected chi connectivity index (χ3v) is 6.12. The Morgan fingerprint density at radius 3 is 2.70 bits per heavy atom. The molecule has 4 rings (SSSR count). The van der Waals surface area contributed by atoms with Gasteiger partial charge in [-0.05, 0) is 73.9 Å². The molecule has 2 aromatic carbocycles. The summed E-state index contributed by atoms with van der Waals surface area (Å²) >= 11 is 0. The van der Waals surface area contributed by atoms with Crippen molar-refractivity contribution < 1.29 is 19.4 Å². The fraction of sp³-hybridized carbons (Fsp3) is 0.417. The van der Waals surface area contributed by atoms with Gasteiger partial charge < -0.3 is 15.2 Å². The van der Waals surface area contributed by atoms with Crippen molar-refractivity contribution in [2.75, 3.05) is 13.2 Å². The number of nitrogens with zero attached hydrogens (tertiary/aromatic N) is 1. The Hall–Kier alpha value is -2.86. The normalized spacial score (nSPS) is 21.5. The number of fused-ring (bicyclic) bond motifs is 1. The summed E-state index contributed by atoms with van der Waals surface area (Å²) in [4.78, 5) is 26.8. The van der Waals surface area contributed by atoms with Crippen LogP contribution in [0.2, 0.25) is 0 Å². The summed E-state index contributed by atoms with van der Waals surface area (Å²) in [5.74, 6) is 0.338. The lowest BCUT2D eigenvalue weighted by Crippen LogP contribution is -2.42. The maximum absolute atomic E-state index is 13.1.